The summed E-state index contributed by atoms with van der Waals surface area (Å²) >= 11 is 6.02. The van der Waals surface area contributed by atoms with Gasteiger partial charge in [0.1, 0.15) is 5.02 Å². The summed E-state index contributed by atoms with van der Waals surface area (Å²) in [6, 6.07) is 5.74. The first-order chi connectivity index (χ1) is 9.56. The highest BCUT2D eigenvalue weighted by Gasteiger charge is 2.08. The second-order valence-corrected chi connectivity index (χ2v) is 4.86. The first-order valence-electron chi connectivity index (χ1n) is 5.96. The number of aromatic nitrogens is 4. The van der Waals surface area contributed by atoms with Crippen molar-refractivity contribution in [3.05, 3.63) is 46.1 Å². The largest absolute Gasteiger partial charge is 0.353 e. The highest BCUT2D eigenvalue weighted by Crippen LogP contribution is 2.23. The predicted molar refractivity (Wildman–Crippen MR) is 78.5 cm³/mol. The first kappa shape index (κ1) is 12.7. The first-order valence-corrected chi connectivity index (χ1v) is 6.34. The fraction of sp³-hybridized carbons (Fsp3) is 0.154. The summed E-state index contributed by atoms with van der Waals surface area (Å²) in [5.74, 6) is 0. The van der Waals surface area contributed by atoms with Crippen LogP contribution in [0.5, 0.6) is 0 Å². The molecule has 0 aliphatic rings. The number of nitrogens with zero attached hydrogens (tertiary/aromatic N) is 4. The number of nitrogens with one attached hydrogen (secondary N) is 1. The molecule has 3 rings (SSSR count). The molecular formula is C13H12ClN5O. The third kappa shape index (κ3) is 2.04. The molecule has 0 saturated heterocycles. The maximum atomic E-state index is 11.7. The smallest absolute Gasteiger partial charge is 0.287 e. The van der Waals surface area contributed by atoms with Gasteiger partial charge in [-0.25, -0.2) is 9.67 Å². The predicted octanol–water partition coefficient (Wildman–Crippen LogP) is 2.06. The Morgan fingerprint density at radius 2 is 2.10 bits per heavy atom. The van der Waals surface area contributed by atoms with Crippen molar-refractivity contribution < 1.29 is 0 Å². The maximum absolute atomic E-state index is 11.7. The van der Waals surface area contributed by atoms with E-state index < -0.39 is 0 Å². The van der Waals surface area contributed by atoms with Crippen LogP contribution >= 0.6 is 11.6 Å². The van der Waals surface area contributed by atoms with Gasteiger partial charge < -0.3 is 9.88 Å². The van der Waals surface area contributed by atoms with E-state index in [-0.39, 0.29) is 10.6 Å². The lowest BCUT2D eigenvalue weighted by Gasteiger charge is -2.08. The number of benzene rings is 1. The Labute approximate surface area is 119 Å². The summed E-state index contributed by atoms with van der Waals surface area (Å²) < 4.78 is 3.13. The Hall–Kier alpha value is -2.34. The zero-order valence-electron chi connectivity index (χ0n) is 11.0. The lowest BCUT2D eigenvalue weighted by Crippen LogP contribution is -2.20. The van der Waals surface area contributed by atoms with Crippen LogP contribution in [-0.4, -0.2) is 19.3 Å². The van der Waals surface area contributed by atoms with Crippen LogP contribution in [0.2, 0.25) is 5.02 Å². The molecule has 0 bridgehead atoms. The fourth-order valence-electron chi connectivity index (χ4n) is 1.97. The highest BCUT2D eigenvalue weighted by molar-refractivity contribution is 6.33. The van der Waals surface area contributed by atoms with Gasteiger partial charge >= 0.3 is 0 Å². The summed E-state index contributed by atoms with van der Waals surface area (Å²) in [5.41, 5.74) is 2.84. The van der Waals surface area contributed by atoms with Crippen molar-refractivity contribution >= 4 is 34.0 Å². The molecule has 0 aliphatic carbocycles. The number of aryl methyl sites for hydroxylation is 2. The average molecular weight is 290 g/mol. The van der Waals surface area contributed by atoms with Crippen molar-refractivity contribution in [3.8, 4) is 0 Å². The summed E-state index contributed by atoms with van der Waals surface area (Å²) in [4.78, 5) is 16.0. The second kappa shape index (κ2) is 4.64. The van der Waals surface area contributed by atoms with Gasteiger partial charge in [-0.05, 0) is 18.2 Å². The fourth-order valence-corrected chi connectivity index (χ4v) is 2.19. The van der Waals surface area contributed by atoms with Crippen LogP contribution in [0, 0.1) is 0 Å². The molecule has 0 radical (unpaired) electrons. The van der Waals surface area contributed by atoms with Crippen LogP contribution in [0.25, 0.3) is 11.0 Å². The summed E-state index contributed by atoms with van der Waals surface area (Å²) in [6.07, 6.45) is 3.27. The van der Waals surface area contributed by atoms with E-state index in [0.717, 1.165) is 16.7 Å². The molecule has 20 heavy (non-hydrogen) atoms. The molecule has 0 saturated carbocycles. The van der Waals surface area contributed by atoms with Gasteiger partial charge in [0.15, 0.2) is 0 Å². The van der Waals surface area contributed by atoms with E-state index in [2.05, 4.69) is 15.4 Å². The number of anilines is 2. The van der Waals surface area contributed by atoms with Crippen molar-refractivity contribution in [1.82, 2.24) is 19.3 Å². The minimum absolute atomic E-state index is 0.114. The Balaban J connectivity index is 2.01. The van der Waals surface area contributed by atoms with Crippen molar-refractivity contribution in [1.29, 1.82) is 0 Å². The molecule has 2 heterocycles. The van der Waals surface area contributed by atoms with Crippen molar-refractivity contribution in [3.63, 3.8) is 0 Å². The van der Waals surface area contributed by atoms with Crippen LogP contribution < -0.4 is 10.9 Å². The van der Waals surface area contributed by atoms with E-state index in [9.17, 15) is 4.79 Å². The monoisotopic (exact) mass is 289 g/mol. The Morgan fingerprint density at radius 1 is 1.30 bits per heavy atom. The third-order valence-electron chi connectivity index (χ3n) is 3.08. The van der Waals surface area contributed by atoms with E-state index in [1.807, 2.05) is 29.8 Å². The topological polar surface area (TPSA) is 64.7 Å². The maximum Gasteiger partial charge on any atom is 0.287 e. The minimum atomic E-state index is -0.337. The number of hydrogen-bond acceptors (Lipinski definition) is 4. The van der Waals surface area contributed by atoms with E-state index in [0.29, 0.717) is 5.69 Å². The Kier molecular flexibility index (Phi) is 2.94. The molecule has 2 aromatic heterocycles. The second-order valence-electron chi connectivity index (χ2n) is 4.48. The van der Waals surface area contributed by atoms with Crippen molar-refractivity contribution in [2.75, 3.05) is 5.32 Å². The molecule has 3 aromatic rings. The van der Waals surface area contributed by atoms with Crippen LogP contribution in [-0.2, 0) is 14.1 Å². The molecular weight excluding hydrogens is 278 g/mol. The van der Waals surface area contributed by atoms with Crippen molar-refractivity contribution in [2.24, 2.45) is 14.1 Å². The molecule has 0 unspecified atom stereocenters. The van der Waals surface area contributed by atoms with E-state index in [4.69, 9.17) is 11.6 Å². The number of imidazole rings is 1. The van der Waals surface area contributed by atoms with Gasteiger partial charge in [0.25, 0.3) is 5.56 Å². The molecule has 1 aromatic carbocycles. The Morgan fingerprint density at radius 3 is 2.90 bits per heavy atom. The summed E-state index contributed by atoms with van der Waals surface area (Å²) in [7, 11) is 3.49. The summed E-state index contributed by atoms with van der Waals surface area (Å²) in [5, 5.41) is 7.14. The van der Waals surface area contributed by atoms with E-state index in [1.54, 1.807) is 13.4 Å². The Bertz CT molecular complexity index is 852. The van der Waals surface area contributed by atoms with Gasteiger partial charge in [-0.3, -0.25) is 4.79 Å². The number of halogens is 1. The van der Waals surface area contributed by atoms with Gasteiger partial charge in [0.05, 0.1) is 29.2 Å². The highest BCUT2D eigenvalue weighted by atomic mass is 35.5. The average Bonchev–Trinajstić information content (AvgIpc) is 2.81. The lowest BCUT2D eigenvalue weighted by atomic mass is 10.2. The van der Waals surface area contributed by atoms with Crippen molar-refractivity contribution in [2.45, 2.75) is 0 Å². The molecule has 0 aliphatic heterocycles. The van der Waals surface area contributed by atoms with Gasteiger partial charge in [-0.1, -0.05) is 11.6 Å². The lowest BCUT2D eigenvalue weighted by molar-refractivity contribution is 0.709. The van der Waals surface area contributed by atoms with Crippen LogP contribution in [0.3, 0.4) is 0 Å². The molecule has 6 nitrogen and oxygen atoms in total. The van der Waals surface area contributed by atoms with Crippen LogP contribution in [0.15, 0.2) is 35.5 Å². The number of hydrogen-bond donors (Lipinski definition) is 1. The van der Waals surface area contributed by atoms with E-state index >= 15 is 0 Å². The quantitative estimate of drug-likeness (QED) is 0.784. The van der Waals surface area contributed by atoms with Gasteiger partial charge in [0.2, 0.25) is 0 Å². The molecule has 102 valence electrons. The SMILES string of the molecule is Cn1ncc(Nc2ccc3c(c2)ncn3C)c(Cl)c1=O. The molecule has 7 heteroatoms. The molecule has 0 spiro atoms. The summed E-state index contributed by atoms with van der Waals surface area (Å²) in [6.45, 7) is 0. The van der Waals surface area contributed by atoms with Gasteiger partial charge in [0, 0.05) is 19.8 Å². The van der Waals surface area contributed by atoms with Crippen LogP contribution in [0.1, 0.15) is 0 Å². The van der Waals surface area contributed by atoms with Crippen LogP contribution in [0.4, 0.5) is 11.4 Å². The van der Waals surface area contributed by atoms with E-state index in [1.165, 1.54) is 10.9 Å². The zero-order valence-corrected chi connectivity index (χ0v) is 11.7. The van der Waals surface area contributed by atoms with Gasteiger partial charge in [-0.15, -0.1) is 0 Å². The van der Waals surface area contributed by atoms with Gasteiger partial charge in [-0.2, -0.15) is 5.10 Å². The molecule has 1 N–H and O–H groups in total. The number of fused-ring (bicyclic) bond motifs is 1. The zero-order chi connectivity index (χ0) is 14.3. The number of rotatable bonds is 2. The minimum Gasteiger partial charge on any atom is -0.353 e. The molecule has 0 atom stereocenters. The normalized spacial score (nSPS) is 10.9. The third-order valence-corrected chi connectivity index (χ3v) is 3.45. The molecule has 0 fully saturated rings. The molecule has 0 amide bonds. The standard InChI is InChI=1S/C13H12ClN5O/c1-18-7-15-9-5-8(3-4-11(9)18)17-10-6-16-19(2)13(20)12(10)14/h3-7,17H,1-2H3.